The van der Waals surface area contributed by atoms with Gasteiger partial charge in [-0.05, 0) is 19.3 Å². The number of nitrogens with two attached hydrogens (primary N) is 1. The molecule has 0 amide bonds. The molecule has 1 unspecified atom stereocenters. The third-order valence-corrected chi connectivity index (χ3v) is 1.71. The van der Waals surface area contributed by atoms with Crippen LogP contribution in [0.15, 0.2) is 4.99 Å². The van der Waals surface area contributed by atoms with Gasteiger partial charge in [0.25, 0.3) is 0 Å². The molecule has 0 aromatic heterocycles. The lowest BCUT2D eigenvalue weighted by atomic mass is 10.2. The zero-order chi connectivity index (χ0) is 10.3. The SMILES string of the molecule is CCOC(CC)C(N)=NCC(C)C. The topological polar surface area (TPSA) is 47.6 Å². The quantitative estimate of drug-likeness (QED) is 0.508. The van der Waals surface area contributed by atoms with Crippen LogP contribution in [0.1, 0.15) is 34.1 Å². The minimum Gasteiger partial charge on any atom is -0.385 e. The number of aliphatic imine (C=N–C) groups is 1. The van der Waals surface area contributed by atoms with Crippen molar-refractivity contribution < 1.29 is 4.74 Å². The molecular formula is C10H22N2O. The lowest BCUT2D eigenvalue weighted by molar-refractivity contribution is 0.106. The van der Waals surface area contributed by atoms with E-state index < -0.39 is 0 Å². The Morgan fingerprint density at radius 1 is 1.38 bits per heavy atom. The fourth-order valence-corrected chi connectivity index (χ4v) is 1.00. The second kappa shape index (κ2) is 6.89. The van der Waals surface area contributed by atoms with E-state index in [1.165, 1.54) is 0 Å². The molecule has 0 radical (unpaired) electrons. The van der Waals surface area contributed by atoms with Crippen molar-refractivity contribution in [3.63, 3.8) is 0 Å². The molecule has 1 atom stereocenters. The molecule has 3 heteroatoms. The smallest absolute Gasteiger partial charge is 0.123 e. The number of ether oxygens (including phenoxy) is 1. The fourth-order valence-electron chi connectivity index (χ4n) is 1.00. The highest BCUT2D eigenvalue weighted by molar-refractivity contribution is 5.84. The van der Waals surface area contributed by atoms with E-state index in [-0.39, 0.29) is 6.10 Å². The highest BCUT2D eigenvalue weighted by Crippen LogP contribution is 2.00. The monoisotopic (exact) mass is 186 g/mol. The van der Waals surface area contributed by atoms with Crippen molar-refractivity contribution in [2.45, 2.75) is 40.2 Å². The Balaban J connectivity index is 4.01. The third kappa shape index (κ3) is 5.64. The fraction of sp³-hybridized carbons (Fsp3) is 0.900. The van der Waals surface area contributed by atoms with Crippen LogP contribution in [-0.4, -0.2) is 25.1 Å². The first-order valence-electron chi connectivity index (χ1n) is 5.03. The predicted molar refractivity (Wildman–Crippen MR) is 57.0 cm³/mol. The molecule has 0 fully saturated rings. The highest BCUT2D eigenvalue weighted by atomic mass is 16.5. The van der Waals surface area contributed by atoms with Crippen LogP contribution in [-0.2, 0) is 4.74 Å². The van der Waals surface area contributed by atoms with E-state index in [1.807, 2.05) is 6.92 Å². The van der Waals surface area contributed by atoms with E-state index in [0.29, 0.717) is 18.4 Å². The minimum absolute atomic E-state index is 0.00347. The van der Waals surface area contributed by atoms with Gasteiger partial charge in [-0.2, -0.15) is 0 Å². The Morgan fingerprint density at radius 2 is 2.00 bits per heavy atom. The van der Waals surface area contributed by atoms with E-state index in [4.69, 9.17) is 10.5 Å². The molecular weight excluding hydrogens is 164 g/mol. The summed E-state index contributed by atoms with van der Waals surface area (Å²) in [6.45, 7) is 9.75. The molecule has 0 aliphatic rings. The normalized spacial score (nSPS) is 15.0. The van der Waals surface area contributed by atoms with Gasteiger partial charge in [0.1, 0.15) is 11.9 Å². The first-order chi connectivity index (χ1) is 6.11. The van der Waals surface area contributed by atoms with Gasteiger partial charge in [0, 0.05) is 13.2 Å². The molecule has 0 heterocycles. The molecule has 78 valence electrons. The van der Waals surface area contributed by atoms with Gasteiger partial charge in [-0.3, -0.25) is 4.99 Å². The predicted octanol–water partition coefficient (Wildman–Crippen LogP) is 1.81. The van der Waals surface area contributed by atoms with Crippen LogP contribution >= 0.6 is 0 Å². The lowest BCUT2D eigenvalue weighted by Gasteiger charge is -2.14. The summed E-state index contributed by atoms with van der Waals surface area (Å²) in [6, 6.07) is 0. The molecule has 3 nitrogen and oxygen atoms in total. The molecule has 0 saturated heterocycles. The largest absolute Gasteiger partial charge is 0.385 e. The van der Waals surface area contributed by atoms with Gasteiger partial charge < -0.3 is 10.5 Å². The van der Waals surface area contributed by atoms with Crippen LogP contribution in [0, 0.1) is 5.92 Å². The van der Waals surface area contributed by atoms with Crippen LogP contribution in [0.5, 0.6) is 0 Å². The molecule has 0 aliphatic carbocycles. The number of hydrogen-bond acceptors (Lipinski definition) is 2. The number of hydrogen-bond donors (Lipinski definition) is 1. The van der Waals surface area contributed by atoms with Crippen molar-refractivity contribution in [2.24, 2.45) is 16.6 Å². The van der Waals surface area contributed by atoms with Gasteiger partial charge in [0.15, 0.2) is 0 Å². The summed E-state index contributed by atoms with van der Waals surface area (Å²) in [5, 5.41) is 0. The first-order valence-corrected chi connectivity index (χ1v) is 5.03. The Kier molecular flexibility index (Phi) is 6.59. The molecule has 13 heavy (non-hydrogen) atoms. The van der Waals surface area contributed by atoms with Crippen molar-refractivity contribution in [3.8, 4) is 0 Å². The van der Waals surface area contributed by atoms with Crippen LogP contribution in [0.25, 0.3) is 0 Å². The average molecular weight is 186 g/mol. The van der Waals surface area contributed by atoms with E-state index in [2.05, 4.69) is 25.8 Å². The van der Waals surface area contributed by atoms with E-state index in [0.717, 1.165) is 13.0 Å². The Bertz CT molecular complexity index is 155. The maximum absolute atomic E-state index is 5.79. The summed E-state index contributed by atoms with van der Waals surface area (Å²) in [6.07, 6.45) is 0.894. The number of rotatable bonds is 6. The molecule has 0 aliphatic heterocycles. The zero-order valence-electron chi connectivity index (χ0n) is 9.21. The Labute approximate surface area is 81.4 Å². The maximum Gasteiger partial charge on any atom is 0.123 e. The molecule has 0 spiro atoms. The van der Waals surface area contributed by atoms with Crippen LogP contribution in [0.3, 0.4) is 0 Å². The Morgan fingerprint density at radius 3 is 2.38 bits per heavy atom. The summed E-state index contributed by atoms with van der Waals surface area (Å²) in [4.78, 5) is 4.28. The molecule has 0 bridgehead atoms. The van der Waals surface area contributed by atoms with Crippen LogP contribution in [0.2, 0.25) is 0 Å². The lowest BCUT2D eigenvalue weighted by Crippen LogP contribution is -2.31. The van der Waals surface area contributed by atoms with E-state index in [9.17, 15) is 0 Å². The van der Waals surface area contributed by atoms with Gasteiger partial charge in [-0.1, -0.05) is 20.8 Å². The maximum atomic E-state index is 5.79. The van der Waals surface area contributed by atoms with Gasteiger partial charge in [-0.25, -0.2) is 0 Å². The summed E-state index contributed by atoms with van der Waals surface area (Å²) < 4.78 is 5.43. The summed E-state index contributed by atoms with van der Waals surface area (Å²) >= 11 is 0. The van der Waals surface area contributed by atoms with Gasteiger partial charge in [0.05, 0.1) is 0 Å². The van der Waals surface area contributed by atoms with Crippen LogP contribution in [0.4, 0.5) is 0 Å². The third-order valence-electron chi connectivity index (χ3n) is 1.71. The minimum atomic E-state index is 0.00347. The second-order valence-corrected chi connectivity index (χ2v) is 3.51. The van der Waals surface area contributed by atoms with Gasteiger partial charge in [0.2, 0.25) is 0 Å². The van der Waals surface area contributed by atoms with Crippen molar-refractivity contribution in [3.05, 3.63) is 0 Å². The molecule has 0 rings (SSSR count). The second-order valence-electron chi connectivity index (χ2n) is 3.51. The molecule has 0 aromatic rings. The van der Waals surface area contributed by atoms with E-state index in [1.54, 1.807) is 0 Å². The number of amidine groups is 1. The van der Waals surface area contributed by atoms with Gasteiger partial charge in [-0.15, -0.1) is 0 Å². The first kappa shape index (κ1) is 12.4. The van der Waals surface area contributed by atoms with Crippen molar-refractivity contribution in [1.82, 2.24) is 0 Å². The van der Waals surface area contributed by atoms with Gasteiger partial charge >= 0.3 is 0 Å². The highest BCUT2D eigenvalue weighted by Gasteiger charge is 2.09. The number of nitrogens with zero attached hydrogens (tertiary/aromatic N) is 1. The van der Waals surface area contributed by atoms with Crippen molar-refractivity contribution in [2.75, 3.05) is 13.2 Å². The summed E-state index contributed by atoms with van der Waals surface area (Å²) in [7, 11) is 0. The van der Waals surface area contributed by atoms with Crippen molar-refractivity contribution >= 4 is 5.84 Å². The van der Waals surface area contributed by atoms with E-state index >= 15 is 0 Å². The Hall–Kier alpha value is -0.570. The summed E-state index contributed by atoms with van der Waals surface area (Å²) in [5.41, 5.74) is 5.79. The average Bonchev–Trinajstić information content (AvgIpc) is 2.10. The molecule has 2 N–H and O–H groups in total. The van der Waals surface area contributed by atoms with Crippen LogP contribution < -0.4 is 5.73 Å². The molecule has 0 aromatic carbocycles. The standard InChI is InChI=1S/C10H22N2O/c1-5-9(13-6-2)10(11)12-7-8(3)4/h8-9H,5-7H2,1-4H3,(H2,11,12). The van der Waals surface area contributed by atoms with Crippen molar-refractivity contribution in [1.29, 1.82) is 0 Å². The summed E-state index contributed by atoms with van der Waals surface area (Å²) in [5.74, 6) is 1.19. The zero-order valence-corrected chi connectivity index (χ0v) is 9.21. The molecule has 0 saturated carbocycles.